The molecule has 0 bridgehead atoms. The van der Waals surface area contributed by atoms with Gasteiger partial charge in [0.05, 0.1) is 6.42 Å². The van der Waals surface area contributed by atoms with Crippen LogP contribution < -0.4 is 10.6 Å². The van der Waals surface area contributed by atoms with Crippen LogP contribution in [-0.2, 0) is 16.0 Å². The number of rotatable bonds is 13. The fourth-order valence-electron chi connectivity index (χ4n) is 5.40. The van der Waals surface area contributed by atoms with E-state index in [-0.39, 0.29) is 24.3 Å². The Morgan fingerprint density at radius 2 is 1.98 bits per heavy atom. The van der Waals surface area contributed by atoms with Crippen molar-refractivity contribution in [2.24, 2.45) is 0 Å². The van der Waals surface area contributed by atoms with E-state index in [2.05, 4.69) is 60.5 Å². The first kappa shape index (κ1) is 30.7. The number of hydrogen-bond donors (Lipinski definition) is 3. The quantitative estimate of drug-likeness (QED) is 0.184. The molecule has 2 aromatic rings. The molecule has 214 valence electrons. The normalized spacial score (nSPS) is 16.6. The number of anilines is 1. The van der Waals surface area contributed by atoms with E-state index in [0.717, 1.165) is 54.0 Å². The Balaban J connectivity index is 1.62. The molecular weight excluding hydrogens is 496 g/mol. The standard InChI is InChI=1S/C34H46N4O2/c1-7-12-25(6)30-22-32(37-31(30)9-3)26-15-17-27(18-16-26)35-34(40)21-24(5)20-29(13-8-2)38-19-11-14-28(23-38)36-33(39)10-4/h8,10,13,15-18,20,22,25,28,37H,4-5,7,9,11-12,14,19,21,23H2,1-3,6H3,(H,35,40)(H,36,39)/b13-8-,29-20+. The number of amides is 2. The van der Waals surface area contributed by atoms with E-state index in [1.807, 2.05) is 49.4 Å². The van der Waals surface area contributed by atoms with Gasteiger partial charge >= 0.3 is 0 Å². The Kier molecular flexibility index (Phi) is 11.6. The lowest BCUT2D eigenvalue weighted by Gasteiger charge is -2.35. The van der Waals surface area contributed by atoms with E-state index in [0.29, 0.717) is 12.5 Å². The van der Waals surface area contributed by atoms with E-state index < -0.39 is 0 Å². The smallest absolute Gasteiger partial charge is 0.243 e. The van der Waals surface area contributed by atoms with Gasteiger partial charge in [0, 0.05) is 41.9 Å². The minimum Gasteiger partial charge on any atom is -0.369 e. The molecular formula is C34H46N4O2. The van der Waals surface area contributed by atoms with Crippen LogP contribution in [0.4, 0.5) is 5.69 Å². The van der Waals surface area contributed by atoms with Gasteiger partial charge in [-0.2, -0.15) is 0 Å². The van der Waals surface area contributed by atoms with E-state index in [1.54, 1.807) is 0 Å². The van der Waals surface area contributed by atoms with Crippen LogP contribution in [0.1, 0.15) is 77.0 Å². The van der Waals surface area contributed by atoms with Gasteiger partial charge in [0.2, 0.25) is 11.8 Å². The number of carbonyl (C=O) groups is 2. The molecule has 1 saturated heterocycles. The highest BCUT2D eigenvalue weighted by molar-refractivity contribution is 5.92. The molecule has 3 rings (SSSR count). The fraction of sp³-hybridized carbons (Fsp3) is 0.412. The van der Waals surface area contributed by atoms with Crippen molar-refractivity contribution in [1.29, 1.82) is 0 Å². The molecule has 0 aliphatic carbocycles. The molecule has 0 spiro atoms. The zero-order valence-electron chi connectivity index (χ0n) is 24.7. The number of aromatic nitrogens is 1. The zero-order valence-corrected chi connectivity index (χ0v) is 24.7. The molecule has 0 saturated carbocycles. The minimum absolute atomic E-state index is 0.0679. The highest BCUT2D eigenvalue weighted by atomic mass is 16.2. The van der Waals surface area contributed by atoms with E-state index >= 15 is 0 Å². The predicted octanol–water partition coefficient (Wildman–Crippen LogP) is 7.26. The van der Waals surface area contributed by atoms with Gasteiger partial charge in [-0.15, -0.1) is 0 Å². The lowest BCUT2D eigenvalue weighted by Crippen LogP contribution is -2.46. The first-order valence-corrected chi connectivity index (χ1v) is 14.6. The third-order valence-electron chi connectivity index (χ3n) is 7.42. The number of hydrogen-bond acceptors (Lipinski definition) is 3. The lowest BCUT2D eigenvalue weighted by molar-refractivity contribution is -0.117. The monoisotopic (exact) mass is 542 g/mol. The Bertz CT molecular complexity index is 1240. The molecule has 6 nitrogen and oxygen atoms in total. The Hall–Kier alpha value is -3.80. The summed E-state index contributed by atoms with van der Waals surface area (Å²) in [6.07, 6.45) is 12.7. The van der Waals surface area contributed by atoms with Crippen LogP contribution in [0.3, 0.4) is 0 Å². The number of piperidine rings is 1. The topological polar surface area (TPSA) is 77.2 Å². The van der Waals surface area contributed by atoms with E-state index in [9.17, 15) is 9.59 Å². The maximum Gasteiger partial charge on any atom is 0.243 e. The molecule has 2 amide bonds. The van der Waals surface area contributed by atoms with Gasteiger partial charge < -0.3 is 20.5 Å². The molecule has 1 aromatic carbocycles. The molecule has 0 radical (unpaired) electrons. The first-order valence-electron chi connectivity index (χ1n) is 14.6. The van der Waals surface area contributed by atoms with Gasteiger partial charge in [0.1, 0.15) is 0 Å². The molecule has 3 N–H and O–H groups in total. The molecule has 2 unspecified atom stereocenters. The maximum atomic E-state index is 12.8. The number of likely N-dealkylation sites (tertiary alicyclic amines) is 1. The molecule has 1 aliphatic rings. The summed E-state index contributed by atoms with van der Waals surface area (Å²) >= 11 is 0. The van der Waals surface area contributed by atoms with Crippen LogP contribution in [0.15, 0.2) is 79.1 Å². The van der Waals surface area contributed by atoms with Crippen molar-refractivity contribution in [2.45, 2.75) is 78.2 Å². The second kappa shape index (κ2) is 15.1. The number of carbonyl (C=O) groups excluding carboxylic acids is 2. The van der Waals surface area contributed by atoms with Crippen molar-refractivity contribution >= 4 is 17.5 Å². The number of benzene rings is 1. The van der Waals surface area contributed by atoms with Crippen molar-refractivity contribution in [3.63, 3.8) is 0 Å². The third-order valence-corrected chi connectivity index (χ3v) is 7.42. The summed E-state index contributed by atoms with van der Waals surface area (Å²) in [7, 11) is 0. The Labute approximate surface area is 240 Å². The average molecular weight is 543 g/mol. The van der Waals surface area contributed by atoms with Gasteiger partial charge in [-0.05, 0) is 91.7 Å². The SMILES string of the molecule is C=CC(=O)NC1CCCN(C(/C=C\C)=C/C(=C)CC(=O)Nc2ccc(-c3cc(C(C)CCC)c(CC)[nH]3)cc2)C1. The van der Waals surface area contributed by atoms with Gasteiger partial charge in [0.15, 0.2) is 0 Å². The van der Waals surface area contributed by atoms with Crippen molar-refractivity contribution in [3.05, 3.63) is 90.3 Å². The van der Waals surface area contributed by atoms with Gasteiger partial charge in [0.25, 0.3) is 0 Å². The van der Waals surface area contributed by atoms with Crippen molar-refractivity contribution in [3.8, 4) is 11.3 Å². The summed E-state index contributed by atoms with van der Waals surface area (Å²) in [5.74, 6) is 0.281. The Morgan fingerprint density at radius 1 is 1.23 bits per heavy atom. The van der Waals surface area contributed by atoms with Crippen LogP contribution in [0, 0.1) is 0 Å². The number of nitrogens with zero attached hydrogens (tertiary/aromatic N) is 1. The summed E-state index contributed by atoms with van der Waals surface area (Å²) in [5.41, 5.74) is 7.42. The zero-order chi connectivity index (χ0) is 29.1. The van der Waals surface area contributed by atoms with Crippen molar-refractivity contribution in [2.75, 3.05) is 18.4 Å². The van der Waals surface area contributed by atoms with Crippen LogP contribution in [-0.4, -0.2) is 40.8 Å². The largest absolute Gasteiger partial charge is 0.369 e. The van der Waals surface area contributed by atoms with Gasteiger partial charge in [-0.3, -0.25) is 9.59 Å². The summed E-state index contributed by atoms with van der Waals surface area (Å²) in [6, 6.07) is 10.3. The van der Waals surface area contributed by atoms with E-state index in [4.69, 9.17) is 0 Å². The molecule has 1 fully saturated rings. The van der Waals surface area contributed by atoms with Crippen LogP contribution >= 0.6 is 0 Å². The maximum absolute atomic E-state index is 12.8. The molecule has 2 atom stereocenters. The average Bonchev–Trinajstić information content (AvgIpc) is 3.38. The van der Waals surface area contributed by atoms with Crippen molar-refractivity contribution < 1.29 is 9.59 Å². The highest BCUT2D eigenvalue weighted by Crippen LogP contribution is 2.30. The minimum atomic E-state index is -0.151. The number of aromatic amines is 1. The number of aryl methyl sites for hydroxylation is 1. The summed E-state index contributed by atoms with van der Waals surface area (Å²) in [5, 5.41) is 6.01. The second-order valence-corrected chi connectivity index (χ2v) is 10.7. The molecule has 1 aromatic heterocycles. The third kappa shape index (κ3) is 8.60. The second-order valence-electron chi connectivity index (χ2n) is 10.7. The summed E-state index contributed by atoms with van der Waals surface area (Å²) < 4.78 is 0. The van der Waals surface area contributed by atoms with Crippen LogP contribution in [0.25, 0.3) is 11.3 Å². The molecule has 6 heteroatoms. The molecule has 2 heterocycles. The number of nitrogens with one attached hydrogen (secondary N) is 3. The van der Waals surface area contributed by atoms with Gasteiger partial charge in [-0.25, -0.2) is 0 Å². The Morgan fingerprint density at radius 3 is 2.62 bits per heavy atom. The fourth-order valence-corrected chi connectivity index (χ4v) is 5.40. The predicted molar refractivity (Wildman–Crippen MR) is 167 cm³/mol. The van der Waals surface area contributed by atoms with Crippen molar-refractivity contribution in [1.82, 2.24) is 15.2 Å². The lowest BCUT2D eigenvalue weighted by atomic mass is 9.95. The van der Waals surface area contributed by atoms with Gasteiger partial charge in [-0.1, -0.05) is 58.6 Å². The number of allylic oxidation sites excluding steroid dienone is 3. The van der Waals surface area contributed by atoms with E-state index in [1.165, 1.54) is 30.2 Å². The van der Waals surface area contributed by atoms with Crippen LogP contribution in [0.5, 0.6) is 0 Å². The summed E-state index contributed by atoms with van der Waals surface area (Å²) in [6.45, 7) is 18.0. The molecule has 40 heavy (non-hydrogen) atoms. The number of H-pyrrole nitrogens is 1. The van der Waals surface area contributed by atoms with Crippen LogP contribution in [0.2, 0.25) is 0 Å². The summed E-state index contributed by atoms with van der Waals surface area (Å²) in [4.78, 5) is 30.4. The highest BCUT2D eigenvalue weighted by Gasteiger charge is 2.22. The molecule has 1 aliphatic heterocycles. The first-order chi connectivity index (χ1) is 19.3.